The van der Waals surface area contributed by atoms with E-state index in [1.807, 2.05) is 49.4 Å². The fourth-order valence-corrected chi connectivity index (χ4v) is 3.22. The first-order valence-corrected chi connectivity index (χ1v) is 9.48. The number of fused-ring (bicyclic) bond motifs is 1. The molecule has 0 saturated heterocycles. The van der Waals surface area contributed by atoms with Crippen molar-refractivity contribution in [2.24, 2.45) is 0 Å². The summed E-state index contributed by atoms with van der Waals surface area (Å²) in [6, 6.07) is 15.7. The summed E-state index contributed by atoms with van der Waals surface area (Å²) in [5.74, 6) is 0.178. The number of anilines is 3. The Morgan fingerprint density at radius 1 is 0.966 bits per heavy atom. The molecule has 0 spiro atoms. The quantitative estimate of drug-likeness (QED) is 0.513. The Labute approximate surface area is 169 Å². The number of nitrogens with one attached hydrogen (secondary N) is 2. The number of carbonyl (C=O) groups is 1. The Morgan fingerprint density at radius 2 is 1.72 bits per heavy atom. The van der Waals surface area contributed by atoms with Gasteiger partial charge in [-0.1, -0.05) is 43.3 Å². The van der Waals surface area contributed by atoms with E-state index in [1.165, 1.54) is 18.0 Å². The molecule has 1 amide bonds. The van der Waals surface area contributed by atoms with E-state index in [1.54, 1.807) is 6.20 Å². The number of nitrogens with zero attached hydrogens (tertiary/aromatic N) is 3. The van der Waals surface area contributed by atoms with Crippen molar-refractivity contribution in [1.29, 1.82) is 0 Å². The maximum absolute atomic E-state index is 12.6. The van der Waals surface area contributed by atoms with Gasteiger partial charge in [-0.2, -0.15) is 0 Å². The number of pyridine rings is 1. The van der Waals surface area contributed by atoms with Crippen LogP contribution < -0.4 is 10.6 Å². The van der Waals surface area contributed by atoms with Gasteiger partial charge in [0.25, 0.3) is 5.91 Å². The van der Waals surface area contributed by atoms with E-state index in [9.17, 15) is 4.79 Å². The number of benzene rings is 2. The predicted octanol–water partition coefficient (Wildman–Crippen LogP) is 4.89. The zero-order chi connectivity index (χ0) is 20.2. The van der Waals surface area contributed by atoms with Crippen molar-refractivity contribution in [1.82, 2.24) is 15.0 Å². The highest BCUT2D eigenvalue weighted by Gasteiger charge is 2.11. The van der Waals surface area contributed by atoms with Crippen LogP contribution in [0.1, 0.15) is 28.4 Å². The molecule has 0 aliphatic carbocycles. The number of para-hydroxylation sites is 2. The summed E-state index contributed by atoms with van der Waals surface area (Å²) in [6.45, 7) is 4.15. The van der Waals surface area contributed by atoms with E-state index >= 15 is 0 Å². The van der Waals surface area contributed by atoms with Gasteiger partial charge in [-0.15, -0.1) is 0 Å². The van der Waals surface area contributed by atoms with E-state index in [-0.39, 0.29) is 5.91 Å². The average molecular weight is 383 g/mol. The molecule has 2 heterocycles. The van der Waals surface area contributed by atoms with Crippen LogP contribution >= 0.6 is 0 Å². The third kappa shape index (κ3) is 3.91. The number of amides is 1. The number of hydrogen-bond donors (Lipinski definition) is 2. The van der Waals surface area contributed by atoms with Gasteiger partial charge in [0.15, 0.2) is 0 Å². The molecule has 0 unspecified atom stereocenters. The molecule has 29 heavy (non-hydrogen) atoms. The van der Waals surface area contributed by atoms with E-state index in [0.29, 0.717) is 17.2 Å². The minimum absolute atomic E-state index is 0.278. The number of hydrogen-bond acceptors (Lipinski definition) is 5. The van der Waals surface area contributed by atoms with Crippen molar-refractivity contribution < 1.29 is 4.79 Å². The number of aromatic nitrogens is 3. The number of carbonyl (C=O) groups excluding carboxylic acids is 1. The Kier molecular flexibility index (Phi) is 5.16. The maximum atomic E-state index is 12.6. The molecular formula is C23H21N5O. The monoisotopic (exact) mass is 383 g/mol. The summed E-state index contributed by atoms with van der Waals surface area (Å²) in [6.07, 6.45) is 5.65. The summed E-state index contributed by atoms with van der Waals surface area (Å²) in [7, 11) is 0. The Balaban J connectivity index is 1.53. The molecule has 4 rings (SSSR count). The molecule has 0 atom stereocenters. The topological polar surface area (TPSA) is 79.8 Å². The highest BCUT2D eigenvalue weighted by Crippen LogP contribution is 2.24. The van der Waals surface area contributed by atoms with Gasteiger partial charge < -0.3 is 10.6 Å². The zero-order valence-electron chi connectivity index (χ0n) is 16.3. The second-order valence-corrected chi connectivity index (χ2v) is 6.72. The molecule has 0 radical (unpaired) electrons. The largest absolute Gasteiger partial charge is 0.324 e. The highest BCUT2D eigenvalue weighted by atomic mass is 16.1. The summed E-state index contributed by atoms with van der Waals surface area (Å²) < 4.78 is 0. The lowest BCUT2D eigenvalue weighted by Crippen LogP contribution is -2.13. The Bertz CT molecular complexity index is 1170. The minimum Gasteiger partial charge on any atom is -0.324 e. The number of rotatable bonds is 5. The van der Waals surface area contributed by atoms with Crippen LogP contribution in [-0.2, 0) is 6.42 Å². The van der Waals surface area contributed by atoms with Crippen LogP contribution in [0.3, 0.4) is 0 Å². The molecule has 2 aromatic heterocycles. The van der Waals surface area contributed by atoms with Crippen molar-refractivity contribution in [2.75, 3.05) is 10.6 Å². The smallest absolute Gasteiger partial charge is 0.258 e. The molecule has 6 heteroatoms. The van der Waals surface area contributed by atoms with Crippen molar-refractivity contribution >= 4 is 34.1 Å². The lowest BCUT2D eigenvalue weighted by atomic mass is 10.1. The fraction of sp³-hybridized carbons (Fsp3) is 0.130. The van der Waals surface area contributed by atoms with Gasteiger partial charge in [-0.25, -0.2) is 9.97 Å². The normalized spacial score (nSPS) is 10.7. The van der Waals surface area contributed by atoms with Crippen molar-refractivity contribution in [3.8, 4) is 0 Å². The van der Waals surface area contributed by atoms with Crippen LogP contribution in [0.25, 0.3) is 10.9 Å². The molecule has 0 saturated carbocycles. The zero-order valence-corrected chi connectivity index (χ0v) is 16.3. The van der Waals surface area contributed by atoms with Gasteiger partial charge in [0.05, 0.1) is 16.8 Å². The molecular weight excluding hydrogens is 362 g/mol. The van der Waals surface area contributed by atoms with Gasteiger partial charge in [0, 0.05) is 29.7 Å². The van der Waals surface area contributed by atoms with Gasteiger partial charge in [0.1, 0.15) is 0 Å². The van der Waals surface area contributed by atoms with Crippen LogP contribution in [0, 0.1) is 6.92 Å². The summed E-state index contributed by atoms with van der Waals surface area (Å²) in [5.41, 5.74) is 5.10. The van der Waals surface area contributed by atoms with E-state index in [0.717, 1.165) is 28.6 Å². The van der Waals surface area contributed by atoms with Crippen LogP contribution in [0.5, 0.6) is 0 Å². The fourth-order valence-electron chi connectivity index (χ4n) is 3.22. The van der Waals surface area contributed by atoms with Gasteiger partial charge in [0.2, 0.25) is 5.95 Å². The molecule has 0 aliphatic rings. The average Bonchev–Trinajstić information content (AvgIpc) is 2.76. The van der Waals surface area contributed by atoms with Crippen molar-refractivity contribution in [3.05, 3.63) is 83.8 Å². The van der Waals surface area contributed by atoms with Crippen LogP contribution in [-0.4, -0.2) is 20.9 Å². The first-order valence-electron chi connectivity index (χ1n) is 9.48. The molecule has 0 aliphatic heterocycles. The van der Waals surface area contributed by atoms with E-state index < -0.39 is 0 Å². The molecule has 2 N–H and O–H groups in total. The van der Waals surface area contributed by atoms with Crippen molar-refractivity contribution in [3.63, 3.8) is 0 Å². The molecule has 6 nitrogen and oxygen atoms in total. The second kappa shape index (κ2) is 8.06. The van der Waals surface area contributed by atoms with Crippen LogP contribution in [0.2, 0.25) is 0 Å². The van der Waals surface area contributed by atoms with Gasteiger partial charge >= 0.3 is 0 Å². The Hall–Kier alpha value is -3.80. The second-order valence-electron chi connectivity index (χ2n) is 6.72. The summed E-state index contributed by atoms with van der Waals surface area (Å²) in [4.78, 5) is 25.6. The first kappa shape index (κ1) is 18.6. The highest BCUT2D eigenvalue weighted by molar-refractivity contribution is 6.08. The van der Waals surface area contributed by atoms with Crippen LogP contribution in [0.4, 0.5) is 17.3 Å². The number of aryl methyl sites for hydroxylation is 2. The third-order valence-electron chi connectivity index (χ3n) is 4.77. The summed E-state index contributed by atoms with van der Waals surface area (Å²) >= 11 is 0. The van der Waals surface area contributed by atoms with Gasteiger partial charge in [-0.3, -0.25) is 9.78 Å². The molecule has 144 valence electrons. The maximum Gasteiger partial charge on any atom is 0.258 e. The summed E-state index contributed by atoms with van der Waals surface area (Å²) in [5, 5.41) is 7.13. The predicted molar refractivity (Wildman–Crippen MR) is 116 cm³/mol. The van der Waals surface area contributed by atoms with Gasteiger partial charge in [-0.05, 0) is 36.6 Å². The van der Waals surface area contributed by atoms with E-state index in [2.05, 4.69) is 38.6 Å². The molecule has 0 fully saturated rings. The molecule has 4 aromatic rings. The van der Waals surface area contributed by atoms with Crippen molar-refractivity contribution in [2.45, 2.75) is 20.3 Å². The lowest BCUT2D eigenvalue weighted by Gasteiger charge is -2.13. The third-order valence-corrected chi connectivity index (χ3v) is 4.77. The molecule has 0 bridgehead atoms. The first-order chi connectivity index (χ1) is 14.2. The Morgan fingerprint density at radius 3 is 2.52 bits per heavy atom. The SMILES string of the molecule is CCc1cccc(C)c1Nc1ncc(C(=O)Nc2cccc3cccnc23)cn1. The molecule has 2 aromatic carbocycles. The lowest BCUT2D eigenvalue weighted by molar-refractivity contribution is 0.102. The standard InChI is InChI=1S/C23H21N5O/c1-3-16-8-4-7-15(2)20(16)28-23-25-13-18(14-26-23)22(29)27-19-11-5-9-17-10-6-12-24-21(17)19/h4-14H,3H2,1-2H3,(H,27,29)(H,25,26,28). The van der Waals surface area contributed by atoms with Crippen LogP contribution in [0.15, 0.2) is 67.1 Å². The minimum atomic E-state index is -0.278. The van der Waals surface area contributed by atoms with E-state index in [4.69, 9.17) is 0 Å².